The molecule has 84 valence electrons. The van der Waals surface area contributed by atoms with Gasteiger partial charge in [0.1, 0.15) is 0 Å². The molecular formula is C11H14N4S. The Labute approximate surface area is 100 Å². The second-order valence-corrected chi connectivity index (χ2v) is 4.08. The number of likely N-dealkylation sites (tertiary alicyclic amines) is 1. The van der Waals surface area contributed by atoms with E-state index in [0.717, 1.165) is 24.4 Å². The molecule has 1 aromatic heterocycles. The van der Waals surface area contributed by atoms with Crippen LogP contribution in [0.5, 0.6) is 0 Å². The van der Waals surface area contributed by atoms with E-state index in [1.807, 2.05) is 19.1 Å². The molecule has 0 aliphatic carbocycles. The van der Waals surface area contributed by atoms with Gasteiger partial charge in [0.05, 0.1) is 5.71 Å². The van der Waals surface area contributed by atoms with Crippen LogP contribution in [-0.4, -0.2) is 33.8 Å². The summed E-state index contributed by atoms with van der Waals surface area (Å²) in [7, 11) is 0. The lowest BCUT2D eigenvalue weighted by molar-refractivity contribution is 0.296. The van der Waals surface area contributed by atoms with Crippen LogP contribution in [0.2, 0.25) is 0 Å². The summed E-state index contributed by atoms with van der Waals surface area (Å²) in [4.78, 5) is 6.06. The molecule has 2 rings (SSSR count). The zero-order chi connectivity index (χ0) is 11.4. The van der Waals surface area contributed by atoms with Gasteiger partial charge in [0, 0.05) is 31.0 Å². The zero-order valence-electron chi connectivity index (χ0n) is 9.18. The summed E-state index contributed by atoms with van der Waals surface area (Å²) in [6.07, 6.45) is 4.72. The molecule has 1 N–H and O–H groups in total. The van der Waals surface area contributed by atoms with Gasteiger partial charge in [-0.2, -0.15) is 5.10 Å². The fraction of sp³-hybridized carbons (Fsp3) is 0.364. The quantitative estimate of drug-likeness (QED) is 0.477. The van der Waals surface area contributed by atoms with E-state index < -0.39 is 0 Å². The van der Waals surface area contributed by atoms with Gasteiger partial charge in [-0.25, -0.2) is 0 Å². The maximum atomic E-state index is 5.19. The van der Waals surface area contributed by atoms with Crippen LogP contribution in [-0.2, 0) is 0 Å². The maximum Gasteiger partial charge on any atom is 0.189 e. The predicted octanol–water partition coefficient (Wildman–Crippen LogP) is 1.39. The lowest BCUT2D eigenvalue weighted by atomic mass is 10.2. The van der Waals surface area contributed by atoms with Gasteiger partial charge >= 0.3 is 0 Å². The summed E-state index contributed by atoms with van der Waals surface area (Å²) in [6, 6.07) is 3.85. The molecule has 16 heavy (non-hydrogen) atoms. The maximum absolute atomic E-state index is 5.19. The average molecular weight is 234 g/mol. The minimum atomic E-state index is 0.708. The Morgan fingerprint density at radius 3 is 2.69 bits per heavy atom. The van der Waals surface area contributed by atoms with E-state index in [2.05, 4.69) is 20.4 Å². The van der Waals surface area contributed by atoms with E-state index in [1.165, 1.54) is 6.42 Å². The van der Waals surface area contributed by atoms with Crippen molar-refractivity contribution < 1.29 is 0 Å². The van der Waals surface area contributed by atoms with Gasteiger partial charge in [-0.05, 0) is 37.7 Å². The number of thiocarbonyl (C=S) groups is 1. The highest BCUT2D eigenvalue weighted by molar-refractivity contribution is 7.80. The van der Waals surface area contributed by atoms with Crippen molar-refractivity contribution in [3.05, 3.63) is 30.1 Å². The normalized spacial score (nSPS) is 15.6. The monoisotopic (exact) mass is 234 g/mol. The molecule has 1 fully saturated rings. The largest absolute Gasteiger partial charge is 0.348 e. The smallest absolute Gasteiger partial charge is 0.189 e. The van der Waals surface area contributed by atoms with Gasteiger partial charge in [0.25, 0.3) is 0 Å². The number of rotatable bonds is 2. The Bertz CT molecular complexity index is 398. The number of hydrogen-bond acceptors (Lipinski definition) is 3. The van der Waals surface area contributed by atoms with Crippen LogP contribution in [0.4, 0.5) is 0 Å². The molecule has 2 heterocycles. The van der Waals surface area contributed by atoms with Gasteiger partial charge in [-0.1, -0.05) is 0 Å². The molecule has 1 aliphatic heterocycles. The summed E-state index contributed by atoms with van der Waals surface area (Å²) < 4.78 is 0. The Morgan fingerprint density at radius 1 is 1.44 bits per heavy atom. The topological polar surface area (TPSA) is 40.5 Å². The van der Waals surface area contributed by atoms with Crippen LogP contribution in [0.15, 0.2) is 29.6 Å². The van der Waals surface area contributed by atoms with Gasteiger partial charge in [-0.15, -0.1) is 0 Å². The van der Waals surface area contributed by atoms with E-state index in [1.54, 1.807) is 12.4 Å². The number of hydrazone groups is 1. The molecule has 4 nitrogen and oxygen atoms in total. The predicted molar refractivity (Wildman–Crippen MR) is 68.4 cm³/mol. The Morgan fingerprint density at radius 2 is 2.12 bits per heavy atom. The Balaban J connectivity index is 1.94. The summed E-state index contributed by atoms with van der Waals surface area (Å²) in [5.74, 6) is 0. The first-order valence-corrected chi connectivity index (χ1v) is 5.68. The van der Waals surface area contributed by atoms with Gasteiger partial charge < -0.3 is 4.90 Å². The van der Waals surface area contributed by atoms with Gasteiger partial charge in [0.15, 0.2) is 5.11 Å². The molecule has 0 atom stereocenters. The molecule has 1 saturated heterocycles. The third kappa shape index (κ3) is 2.55. The van der Waals surface area contributed by atoms with Gasteiger partial charge in [0.2, 0.25) is 0 Å². The van der Waals surface area contributed by atoms with Gasteiger partial charge in [-0.3, -0.25) is 10.4 Å². The highest BCUT2D eigenvalue weighted by Gasteiger charge is 2.16. The molecule has 0 aromatic carbocycles. The molecule has 0 unspecified atom stereocenters. The molecule has 1 aliphatic rings. The minimum Gasteiger partial charge on any atom is -0.348 e. The number of nitrogens with zero attached hydrogens (tertiary/aromatic N) is 3. The number of nitrogens with one attached hydrogen (secondary N) is 1. The van der Waals surface area contributed by atoms with Crippen LogP contribution in [0.1, 0.15) is 18.9 Å². The van der Waals surface area contributed by atoms with Crippen molar-refractivity contribution in [1.29, 1.82) is 0 Å². The second kappa shape index (κ2) is 5.03. The first-order chi connectivity index (χ1) is 7.77. The molecule has 5 heteroatoms. The number of pyridine rings is 1. The van der Waals surface area contributed by atoms with Crippen LogP contribution >= 0.6 is 12.2 Å². The summed E-state index contributed by atoms with van der Waals surface area (Å²) in [5.41, 5.74) is 4.87. The van der Waals surface area contributed by atoms with Crippen molar-refractivity contribution in [2.75, 3.05) is 13.1 Å². The van der Waals surface area contributed by atoms with Crippen LogP contribution in [0.3, 0.4) is 0 Å². The fourth-order valence-corrected chi connectivity index (χ4v) is 1.61. The fourth-order valence-electron chi connectivity index (χ4n) is 1.38. The standard InChI is InChI=1S/C11H14N4S/c1-9(10-3-5-12-6-4-10)13-14-11(16)15-7-2-8-15/h3-6H,2,7-8H2,1H3,(H,14,16)/b13-9+. The van der Waals surface area contributed by atoms with Crippen molar-refractivity contribution in [1.82, 2.24) is 15.3 Å². The van der Waals surface area contributed by atoms with Crippen molar-refractivity contribution in [2.45, 2.75) is 13.3 Å². The minimum absolute atomic E-state index is 0.708. The summed E-state index contributed by atoms with van der Waals surface area (Å²) >= 11 is 5.19. The molecule has 0 spiro atoms. The van der Waals surface area contributed by atoms with Crippen molar-refractivity contribution in [3.63, 3.8) is 0 Å². The Kier molecular flexibility index (Phi) is 3.46. The van der Waals surface area contributed by atoms with E-state index in [9.17, 15) is 0 Å². The summed E-state index contributed by atoms with van der Waals surface area (Å²) in [5, 5.41) is 4.96. The van der Waals surface area contributed by atoms with Crippen LogP contribution < -0.4 is 5.43 Å². The number of aromatic nitrogens is 1. The zero-order valence-corrected chi connectivity index (χ0v) is 10.00. The van der Waals surface area contributed by atoms with Crippen LogP contribution in [0, 0.1) is 0 Å². The molecule has 0 amide bonds. The molecular weight excluding hydrogens is 220 g/mol. The number of hydrogen-bond donors (Lipinski definition) is 1. The molecule has 0 saturated carbocycles. The van der Waals surface area contributed by atoms with E-state index in [4.69, 9.17) is 12.2 Å². The molecule has 0 radical (unpaired) electrons. The second-order valence-electron chi connectivity index (χ2n) is 3.69. The van der Waals surface area contributed by atoms with Crippen molar-refractivity contribution >= 4 is 23.0 Å². The lowest BCUT2D eigenvalue weighted by Gasteiger charge is -2.32. The first-order valence-electron chi connectivity index (χ1n) is 5.27. The van der Waals surface area contributed by atoms with Crippen LogP contribution in [0.25, 0.3) is 0 Å². The Hall–Kier alpha value is -1.49. The third-order valence-corrected chi connectivity index (χ3v) is 2.91. The van der Waals surface area contributed by atoms with E-state index in [0.29, 0.717) is 5.11 Å². The lowest BCUT2D eigenvalue weighted by Crippen LogP contribution is -2.46. The average Bonchev–Trinajstić information content (AvgIpc) is 2.25. The highest BCUT2D eigenvalue weighted by atomic mass is 32.1. The highest BCUT2D eigenvalue weighted by Crippen LogP contribution is 2.05. The summed E-state index contributed by atoms with van der Waals surface area (Å²) in [6.45, 7) is 4.02. The molecule has 0 bridgehead atoms. The van der Waals surface area contributed by atoms with Crippen molar-refractivity contribution in [2.24, 2.45) is 5.10 Å². The first kappa shape index (κ1) is 11.0. The van der Waals surface area contributed by atoms with E-state index in [-0.39, 0.29) is 0 Å². The van der Waals surface area contributed by atoms with E-state index >= 15 is 0 Å². The SMILES string of the molecule is C/C(=N\NC(=S)N1CCC1)c1ccncc1. The van der Waals surface area contributed by atoms with Crippen molar-refractivity contribution in [3.8, 4) is 0 Å². The molecule has 1 aromatic rings. The third-order valence-electron chi connectivity index (χ3n) is 2.56.